The van der Waals surface area contributed by atoms with Crippen LogP contribution < -0.4 is 4.74 Å². The fourth-order valence-corrected chi connectivity index (χ4v) is 1.26. The van der Waals surface area contributed by atoms with Crippen molar-refractivity contribution in [1.29, 1.82) is 0 Å². The van der Waals surface area contributed by atoms with Gasteiger partial charge in [0.15, 0.2) is 0 Å². The molecule has 17 heavy (non-hydrogen) atoms. The van der Waals surface area contributed by atoms with Crippen molar-refractivity contribution >= 4 is 5.91 Å². The fourth-order valence-electron chi connectivity index (χ4n) is 1.26. The standard InChI is InChI=1S/C13H17NO3/c1-4-9-14(11(2)15)17-10-12-5-7-13(16-3)8-6-12/h4-8H,1,9-10H2,2-3H3. The maximum absolute atomic E-state index is 11.2. The minimum atomic E-state index is -0.140. The second-order valence-corrected chi connectivity index (χ2v) is 3.49. The average molecular weight is 235 g/mol. The number of nitrogens with zero attached hydrogens (tertiary/aromatic N) is 1. The van der Waals surface area contributed by atoms with Crippen LogP contribution in [0.15, 0.2) is 36.9 Å². The quantitative estimate of drug-likeness (QED) is 0.560. The third-order valence-corrected chi connectivity index (χ3v) is 2.19. The van der Waals surface area contributed by atoms with Crippen LogP contribution in [0, 0.1) is 0 Å². The van der Waals surface area contributed by atoms with E-state index in [1.165, 1.54) is 12.0 Å². The molecule has 4 nitrogen and oxygen atoms in total. The molecule has 0 atom stereocenters. The number of carbonyl (C=O) groups excluding carboxylic acids is 1. The normalized spacial score (nSPS) is 9.76. The lowest BCUT2D eigenvalue weighted by Crippen LogP contribution is -2.28. The lowest BCUT2D eigenvalue weighted by atomic mass is 10.2. The van der Waals surface area contributed by atoms with Crippen LogP contribution in [-0.4, -0.2) is 24.6 Å². The summed E-state index contributed by atoms with van der Waals surface area (Å²) in [5.41, 5.74) is 0.973. The highest BCUT2D eigenvalue weighted by Gasteiger charge is 2.07. The molecule has 0 saturated heterocycles. The van der Waals surface area contributed by atoms with Gasteiger partial charge in [-0.1, -0.05) is 18.2 Å². The fraction of sp³-hybridized carbons (Fsp3) is 0.308. The maximum Gasteiger partial charge on any atom is 0.243 e. The van der Waals surface area contributed by atoms with Crippen molar-refractivity contribution in [3.8, 4) is 5.75 Å². The van der Waals surface area contributed by atoms with Gasteiger partial charge < -0.3 is 4.74 Å². The summed E-state index contributed by atoms with van der Waals surface area (Å²) in [5, 5.41) is 1.28. The zero-order valence-electron chi connectivity index (χ0n) is 10.2. The second-order valence-electron chi connectivity index (χ2n) is 3.49. The van der Waals surface area contributed by atoms with Crippen LogP contribution in [0.1, 0.15) is 12.5 Å². The zero-order valence-corrected chi connectivity index (χ0v) is 10.2. The Balaban J connectivity index is 2.52. The average Bonchev–Trinajstić information content (AvgIpc) is 2.34. The minimum absolute atomic E-state index is 0.140. The summed E-state index contributed by atoms with van der Waals surface area (Å²) < 4.78 is 5.05. The highest BCUT2D eigenvalue weighted by atomic mass is 16.7. The third kappa shape index (κ3) is 4.28. The number of hydroxylamine groups is 2. The molecule has 1 amide bonds. The van der Waals surface area contributed by atoms with Crippen LogP contribution in [0.25, 0.3) is 0 Å². The molecule has 0 aromatic heterocycles. The predicted octanol–water partition coefficient (Wildman–Crippen LogP) is 2.16. The number of hydrogen-bond acceptors (Lipinski definition) is 3. The molecule has 0 saturated carbocycles. The van der Waals surface area contributed by atoms with Gasteiger partial charge in [0.05, 0.1) is 13.7 Å². The van der Waals surface area contributed by atoms with Crippen LogP contribution in [0.2, 0.25) is 0 Å². The van der Waals surface area contributed by atoms with Gasteiger partial charge in [-0.15, -0.1) is 6.58 Å². The van der Waals surface area contributed by atoms with E-state index < -0.39 is 0 Å². The van der Waals surface area contributed by atoms with Crippen molar-refractivity contribution in [3.05, 3.63) is 42.5 Å². The third-order valence-electron chi connectivity index (χ3n) is 2.19. The molecule has 0 spiro atoms. The number of ether oxygens (including phenoxy) is 1. The molecule has 0 fully saturated rings. The molecule has 0 bridgehead atoms. The molecular formula is C13H17NO3. The molecule has 1 aromatic rings. The summed E-state index contributed by atoms with van der Waals surface area (Å²) in [4.78, 5) is 16.6. The van der Waals surface area contributed by atoms with Crippen molar-refractivity contribution in [2.45, 2.75) is 13.5 Å². The largest absolute Gasteiger partial charge is 0.497 e. The minimum Gasteiger partial charge on any atom is -0.497 e. The smallest absolute Gasteiger partial charge is 0.243 e. The van der Waals surface area contributed by atoms with Gasteiger partial charge in [0.2, 0.25) is 5.91 Å². The summed E-state index contributed by atoms with van der Waals surface area (Å²) in [5.74, 6) is 0.654. The first-order valence-electron chi connectivity index (χ1n) is 5.32. The van der Waals surface area contributed by atoms with E-state index in [1.54, 1.807) is 13.2 Å². The van der Waals surface area contributed by atoms with E-state index >= 15 is 0 Å². The molecule has 0 N–H and O–H groups in total. The zero-order chi connectivity index (χ0) is 12.7. The summed E-state index contributed by atoms with van der Waals surface area (Å²) in [7, 11) is 1.62. The van der Waals surface area contributed by atoms with E-state index in [4.69, 9.17) is 9.57 Å². The van der Waals surface area contributed by atoms with Gasteiger partial charge in [0.1, 0.15) is 12.4 Å². The van der Waals surface area contributed by atoms with Gasteiger partial charge in [0, 0.05) is 6.92 Å². The Bertz CT molecular complexity index is 373. The van der Waals surface area contributed by atoms with E-state index in [2.05, 4.69) is 6.58 Å². The van der Waals surface area contributed by atoms with Crippen LogP contribution in [0.3, 0.4) is 0 Å². The van der Waals surface area contributed by atoms with Gasteiger partial charge in [0.25, 0.3) is 0 Å². The molecule has 1 aromatic carbocycles. The van der Waals surface area contributed by atoms with Crippen molar-refractivity contribution < 1.29 is 14.4 Å². The first-order valence-corrected chi connectivity index (χ1v) is 5.32. The van der Waals surface area contributed by atoms with E-state index in [1.807, 2.05) is 24.3 Å². The molecule has 4 heteroatoms. The van der Waals surface area contributed by atoms with Crippen molar-refractivity contribution in [3.63, 3.8) is 0 Å². The number of methoxy groups -OCH3 is 1. The Morgan fingerprint density at radius 2 is 2.06 bits per heavy atom. The maximum atomic E-state index is 11.2. The first kappa shape index (κ1) is 13.3. The lowest BCUT2D eigenvalue weighted by Gasteiger charge is -2.18. The summed E-state index contributed by atoms with van der Waals surface area (Å²) >= 11 is 0. The highest BCUT2D eigenvalue weighted by molar-refractivity contribution is 5.72. The van der Waals surface area contributed by atoms with Gasteiger partial charge in [-0.25, -0.2) is 5.06 Å². The molecule has 0 radical (unpaired) electrons. The molecule has 1 rings (SSSR count). The Morgan fingerprint density at radius 3 is 2.53 bits per heavy atom. The van der Waals surface area contributed by atoms with E-state index in [9.17, 15) is 4.79 Å². The van der Waals surface area contributed by atoms with Gasteiger partial charge in [-0.05, 0) is 17.7 Å². The van der Waals surface area contributed by atoms with E-state index in [0.717, 1.165) is 11.3 Å². The summed E-state index contributed by atoms with van der Waals surface area (Å²) in [6.07, 6.45) is 1.62. The Morgan fingerprint density at radius 1 is 1.41 bits per heavy atom. The molecule has 0 heterocycles. The van der Waals surface area contributed by atoms with E-state index in [-0.39, 0.29) is 5.91 Å². The Hall–Kier alpha value is -1.81. The molecular weight excluding hydrogens is 218 g/mol. The Kier molecular flexibility index (Phi) is 5.23. The molecule has 92 valence electrons. The highest BCUT2D eigenvalue weighted by Crippen LogP contribution is 2.12. The molecule has 0 unspecified atom stereocenters. The first-order chi connectivity index (χ1) is 8.17. The Labute approximate surface area is 101 Å². The monoisotopic (exact) mass is 235 g/mol. The van der Waals surface area contributed by atoms with Crippen molar-refractivity contribution in [1.82, 2.24) is 5.06 Å². The summed E-state index contributed by atoms with van der Waals surface area (Å²) in [6, 6.07) is 7.49. The van der Waals surface area contributed by atoms with Crippen LogP contribution in [0.4, 0.5) is 0 Å². The number of amides is 1. The molecule has 0 aliphatic rings. The second kappa shape index (κ2) is 6.70. The van der Waals surface area contributed by atoms with Crippen LogP contribution >= 0.6 is 0 Å². The number of rotatable bonds is 6. The molecule has 0 aliphatic heterocycles. The predicted molar refractivity (Wildman–Crippen MR) is 65.4 cm³/mol. The van der Waals surface area contributed by atoms with Gasteiger partial charge in [-0.2, -0.15) is 0 Å². The topological polar surface area (TPSA) is 38.8 Å². The summed E-state index contributed by atoms with van der Waals surface area (Å²) in [6.45, 7) is 5.75. The number of carbonyl (C=O) groups is 1. The van der Waals surface area contributed by atoms with Crippen LogP contribution in [0.5, 0.6) is 5.75 Å². The van der Waals surface area contributed by atoms with Gasteiger partial charge in [-0.3, -0.25) is 9.63 Å². The van der Waals surface area contributed by atoms with Crippen molar-refractivity contribution in [2.75, 3.05) is 13.7 Å². The lowest BCUT2D eigenvalue weighted by molar-refractivity contribution is -0.185. The van der Waals surface area contributed by atoms with Crippen molar-refractivity contribution in [2.24, 2.45) is 0 Å². The SMILES string of the molecule is C=CCN(OCc1ccc(OC)cc1)C(C)=O. The van der Waals surface area contributed by atoms with E-state index in [0.29, 0.717) is 13.2 Å². The van der Waals surface area contributed by atoms with Crippen LogP contribution in [-0.2, 0) is 16.2 Å². The number of benzene rings is 1. The number of hydrogen-bond donors (Lipinski definition) is 0. The van der Waals surface area contributed by atoms with Gasteiger partial charge >= 0.3 is 0 Å². The molecule has 0 aliphatic carbocycles.